The fraction of sp³-hybridized carbons (Fsp3) is 0.538. The normalized spacial score (nSPS) is 18.5. The largest absolute Gasteiger partial charge is 0.508 e. The van der Waals surface area contributed by atoms with Crippen LogP contribution in [0.4, 0.5) is 0 Å². The van der Waals surface area contributed by atoms with E-state index in [0.29, 0.717) is 10.0 Å². The van der Waals surface area contributed by atoms with Crippen molar-refractivity contribution in [2.24, 2.45) is 5.92 Å². The van der Waals surface area contributed by atoms with E-state index in [1.165, 1.54) is 18.9 Å². The average Bonchev–Trinajstić information content (AvgIpc) is 2.29. The van der Waals surface area contributed by atoms with E-state index in [9.17, 15) is 5.11 Å². The number of hydrogen-bond acceptors (Lipinski definition) is 2. The van der Waals surface area contributed by atoms with Crippen molar-refractivity contribution in [2.75, 3.05) is 13.1 Å². The van der Waals surface area contributed by atoms with Gasteiger partial charge in [-0.2, -0.15) is 0 Å². The highest BCUT2D eigenvalue weighted by Crippen LogP contribution is 2.31. The fourth-order valence-corrected chi connectivity index (χ4v) is 2.51. The summed E-state index contributed by atoms with van der Waals surface area (Å²) >= 11 is 11.8. The molecular formula is C13H17Cl2NO. The van der Waals surface area contributed by atoms with Crippen LogP contribution < -0.4 is 0 Å². The van der Waals surface area contributed by atoms with Gasteiger partial charge in [0.25, 0.3) is 0 Å². The van der Waals surface area contributed by atoms with Crippen LogP contribution in [-0.4, -0.2) is 23.1 Å². The molecule has 0 unspecified atom stereocenters. The van der Waals surface area contributed by atoms with Crippen LogP contribution in [0.25, 0.3) is 0 Å². The summed E-state index contributed by atoms with van der Waals surface area (Å²) in [6.07, 6.45) is 2.45. The number of nitrogens with zero attached hydrogens (tertiary/aromatic N) is 1. The predicted octanol–water partition coefficient (Wildman–Crippen LogP) is 3.93. The Balaban J connectivity index is 2.06. The summed E-state index contributed by atoms with van der Waals surface area (Å²) in [6.45, 7) is 5.20. The Labute approximate surface area is 112 Å². The van der Waals surface area contributed by atoms with Crippen molar-refractivity contribution in [1.82, 2.24) is 4.90 Å². The number of phenols is 1. The molecule has 0 amide bonds. The van der Waals surface area contributed by atoms with Gasteiger partial charge in [-0.1, -0.05) is 30.1 Å². The van der Waals surface area contributed by atoms with Crippen LogP contribution >= 0.6 is 23.2 Å². The van der Waals surface area contributed by atoms with Crippen molar-refractivity contribution in [3.8, 4) is 5.75 Å². The lowest BCUT2D eigenvalue weighted by molar-refractivity contribution is 0.183. The molecule has 17 heavy (non-hydrogen) atoms. The minimum Gasteiger partial charge on any atom is -0.508 e. The minimum atomic E-state index is 0.234. The van der Waals surface area contributed by atoms with Gasteiger partial charge in [-0.05, 0) is 37.9 Å². The fourth-order valence-electron chi connectivity index (χ4n) is 2.17. The smallest absolute Gasteiger partial charge is 0.121 e. The van der Waals surface area contributed by atoms with E-state index in [4.69, 9.17) is 23.2 Å². The molecule has 1 heterocycles. The summed E-state index contributed by atoms with van der Waals surface area (Å²) in [7, 11) is 0. The lowest BCUT2D eigenvalue weighted by Crippen LogP contribution is -2.32. The topological polar surface area (TPSA) is 23.5 Å². The lowest BCUT2D eigenvalue weighted by Gasteiger charge is -2.30. The zero-order valence-corrected chi connectivity index (χ0v) is 11.4. The summed E-state index contributed by atoms with van der Waals surface area (Å²) in [5.74, 6) is 1.05. The van der Waals surface area contributed by atoms with E-state index in [2.05, 4.69) is 11.8 Å². The molecule has 2 rings (SSSR count). The van der Waals surface area contributed by atoms with E-state index in [0.717, 1.165) is 31.1 Å². The first-order chi connectivity index (χ1) is 8.06. The minimum absolute atomic E-state index is 0.234. The van der Waals surface area contributed by atoms with Crippen LogP contribution in [0, 0.1) is 5.92 Å². The SMILES string of the molecule is CC1CCN(Cc2cc(Cl)c(Cl)cc2O)CC1. The molecular weight excluding hydrogens is 257 g/mol. The third kappa shape index (κ3) is 3.27. The zero-order chi connectivity index (χ0) is 12.4. The van der Waals surface area contributed by atoms with Crippen molar-refractivity contribution in [1.29, 1.82) is 0 Å². The molecule has 1 aliphatic heterocycles. The molecule has 2 nitrogen and oxygen atoms in total. The molecule has 0 saturated carbocycles. The van der Waals surface area contributed by atoms with Gasteiger partial charge in [0.15, 0.2) is 0 Å². The quantitative estimate of drug-likeness (QED) is 0.883. The summed E-state index contributed by atoms with van der Waals surface area (Å²) in [5, 5.41) is 10.7. The Hall–Kier alpha value is -0.440. The number of rotatable bonds is 2. The first kappa shape index (κ1) is 13.0. The van der Waals surface area contributed by atoms with E-state index < -0.39 is 0 Å². The van der Waals surface area contributed by atoms with Crippen LogP contribution in [0.5, 0.6) is 5.75 Å². The Bertz CT molecular complexity index is 401. The zero-order valence-electron chi connectivity index (χ0n) is 9.92. The Morgan fingerprint density at radius 3 is 2.47 bits per heavy atom. The third-order valence-electron chi connectivity index (χ3n) is 3.39. The molecule has 1 N–H and O–H groups in total. The molecule has 0 spiro atoms. The summed E-state index contributed by atoms with van der Waals surface area (Å²) in [4.78, 5) is 2.35. The van der Waals surface area contributed by atoms with Crippen molar-refractivity contribution >= 4 is 23.2 Å². The van der Waals surface area contributed by atoms with Gasteiger partial charge in [-0.15, -0.1) is 0 Å². The van der Waals surface area contributed by atoms with E-state index in [1.54, 1.807) is 6.07 Å². The van der Waals surface area contributed by atoms with Crippen molar-refractivity contribution < 1.29 is 5.11 Å². The van der Waals surface area contributed by atoms with Gasteiger partial charge in [0, 0.05) is 18.2 Å². The van der Waals surface area contributed by atoms with Gasteiger partial charge in [0.1, 0.15) is 5.75 Å². The Morgan fingerprint density at radius 1 is 1.24 bits per heavy atom. The van der Waals surface area contributed by atoms with Crippen LogP contribution in [-0.2, 0) is 6.54 Å². The summed E-state index contributed by atoms with van der Waals surface area (Å²) in [6, 6.07) is 3.28. The molecule has 0 atom stereocenters. The first-order valence-corrected chi connectivity index (χ1v) is 6.71. The van der Waals surface area contributed by atoms with Gasteiger partial charge in [0.2, 0.25) is 0 Å². The van der Waals surface area contributed by atoms with Crippen molar-refractivity contribution in [3.63, 3.8) is 0 Å². The molecule has 4 heteroatoms. The van der Waals surface area contributed by atoms with Gasteiger partial charge in [-0.3, -0.25) is 4.90 Å². The maximum Gasteiger partial charge on any atom is 0.121 e. The average molecular weight is 274 g/mol. The molecule has 0 aromatic heterocycles. The number of aromatic hydroxyl groups is 1. The maximum atomic E-state index is 9.83. The molecule has 94 valence electrons. The second-order valence-corrected chi connectivity index (χ2v) is 5.67. The molecule has 1 aromatic carbocycles. The molecule has 1 aliphatic rings. The summed E-state index contributed by atoms with van der Waals surface area (Å²) in [5.41, 5.74) is 0.856. The van der Waals surface area contributed by atoms with Gasteiger partial charge in [0.05, 0.1) is 10.0 Å². The van der Waals surface area contributed by atoms with Crippen molar-refractivity contribution in [2.45, 2.75) is 26.3 Å². The van der Waals surface area contributed by atoms with Crippen LogP contribution in [0.2, 0.25) is 10.0 Å². The molecule has 1 aromatic rings. The highest BCUT2D eigenvalue weighted by atomic mass is 35.5. The number of phenolic OH excluding ortho intramolecular Hbond substituents is 1. The molecule has 0 radical (unpaired) electrons. The van der Waals surface area contributed by atoms with Crippen molar-refractivity contribution in [3.05, 3.63) is 27.7 Å². The monoisotopic (exact) mass is 273 g/mol. The number of likely N-dealkylation sites (tertiary alicyclic amines) is 1. The maximum absolute atomic E-state index is 9.83. The Morgan fingerprint density at radius 2 is 1.82 bits per heavy atom. The van der Waals surface area contributed by atoms with Gasteiger partial charge in [-0.25, -0.2) is 0 Å². The number of benzene rings is 1. The molecule has 0 bridgehead atoms. The van der Waals surface area contributed by atoms with Gasteiger partial charge >= 0.3 is 0 Å². The first-order valence-electron chi connectivity index (χ1n) is 5.95. The Kier molecular flexibility index (Phi) is 4.18. The molecule has 1 fully saturated rings. The second kappa shape index (κ2) is 5.47. The highest BCUT2D eigenvalue weighted by Gasteiger charge is 2.17. The van der Waals surface area contributed by atoms with E-state index in [1.807, 2.05) is 0 Å². The lowest BCUT2D eigenvalue weighted by atomic mass is 9.99. The van der Waals surface area contributed by atoms with Crippen LogP contribution in [0.3, 0.4) is 0 Å². The number of halogens is 2. The van der Waals surface area contributed by atoms with Gasteiger partial charge < -0.3 is 5.11 Å². The summed E-state index contributed by atoms with van der Waals surface area (Å²) < 4.78 is 0. The standard InChI is InChI=1S/C13H17Cl2NO/c1-9-2-4-16(5-3-9)8-10-6-11(14)12(15)7-13(10)17/h6-7,9,17H,2-5,8H2,1H3. The predicted molar refractivity (Wildman–Crippen MR) is 71.8 cm³/mol. The van der Waals surface area contributed by atoms with Crippen LogP contribution in [0.1, 0.15) is 25.3 Å². The van der Waals surface area contributed by atoms with Crippen LogP contribution in [0.15, 0.2) is 12.1 Å². The molecule has 1 saturated heterocycles. The number of hydrogen-bond donors (Lipinski definition) is 1. The molecule has 0 aliphatic carbocycles. The highest BCUT2D eigenvalue weighted by molar-refractivity contribution is 6.42. The van der Waals surface area contributed by atoms with E-state index >= 15 is 0 Å². The third-order valence-corrected chi connectivity index (χ3v) is 4.11. The number of piperidine rings is 1. The second-order valence-electron chi connectivity index (χ2n) is 4.85. The van der Waals surface area contributed by atoms with E-state index in [-0.39, 0.29) is 5.75 Å².